The van der Waals surface area contributed by atoms with Crippen molar-refractivity contribution in [2.24, 2.45) is 23.5 Å². The van der Waals surface area contributed by atoms with Gasteiger partial charge in [0.15, 0.2) is 0 Å². The molecular weight excluding hydrogens is 222 g/mol. The van der Waals surface area contributed by atoms with Crippen LogP contribution in [0, 0.1) is 24.7 Å². The van der Waals surface area contributed by atoms with E-state index < -0.39 is 0 Å². The van der Waals surface area contributed by atoms with Crippen LogP contribution in [0.3, 0.4) is 0 Å². The van der Waals surface area contributed by atoms with E-state index in [1.165, 1.54) is 44.3 Å². The number of aromatic nitrogens is 2. The van der Waals surface area contributed by atoms with E-state index in [2.05, 4.69) is 22.7 Å². The van der Waals surface area contributed by atoms with Gasteiger partial charge in [0.2, 0.25) is 0 Å². The fourth-order valence-corrected chi connectivity index (χ4v) is 5.47. The molecule has 0 spiro atoms. The molecule has 1 aromatic heterocycles. The van der Waals surface area contributed by atoms with Crippen molar-refractivity contribution >= 4 is 0 Å². The summed E-state index contributed by atoms with van der Waals surface area (Å²) in [6.07, 6.45) is 10.9. The molecule has 4 bridgehead atoms. The molecule has 0 aromatic carbocycles. The minimum Gasteiger partial charge on any atom is -0.329 e. The average molecular weight is 245 g/mol. The summed E-state index contributed by atoms with van der Waals surface area (Å²) < 4.78 is 2.50. The molecule has 4 aliphatic carbocycles. The SMILES string of the molecule is Cc1nc(CN)cn1C12CC3CC(CC(C3)C1)C2. The molecule has 3 nitrogen and oxygen atoms in total. The predicted molar refractivity (Wildman–Crippen MR) is 71.0 cm³/mol. The van der Waals surface area contributed by atoms with E-state index in [1.807, 2.05) is 0 Å². The first kappa shape index (κ1) is 11.0. The summed E-state index contributed by atoms with van der Waals surface area (Å²) >= 11 is 0. The highest BCUT2D eigenvalue weighted by Crippen LogP contribution is 2.59. The molecule has 4 saturated carbocycles. The summed E-state index contributed by atoms with van der Waals surface area (Å²) in [5.74, 6) is 4.13. The second-order valence-electron chi connectivity index (χ2n) is 7.00. The molecule has 98 valence electrons. The van der Waals surface area contributed by atoms with Gasteiger partial charge in [-0.25, -0.2) is 4.98 Å². The Morgan fingerprint density at radius 3 is 2.22 bits per heavy atom. The van der Waals surface area contributed by atoms with Crippen LogP contribution < -0.4 is 5.73 Å². The van der Waals surface area contributed by atoms with Crippen molar-refractivity contribution in [3.05, 3.63) is 17.7 Å². The molecule has 0 amide bonds. The van der Waals surface area contributed by atoms with Gasteiger partial charge in [-0.2, -0.15) is 0 Å². The number of imidazole rings is 1. The van der Waals surface area contributed by atoms with E-state index in [4.69, 9.17) is 5.73 Å². The molecule has 2 N–H and O–H groups in total. The van der Waals surface area contributed by atoms with Crippen molar-refractivity contribution in [3.8, 4) is 0 Å². The molecule has 1 heterocycles. The Hall–Kier alpha value is -0.830. The van der Waals surface area contributed by atoms with Crippen LogP contribution in [-0.2, 0) is 12.1 Å². The lowest BCUT2D eigenvalue weighted by Gasteiger charge is -2.57. The van der Waals surface area contributed by atoms with E-state index in [-0.39, 0.29) is 0 Å². The average Bonchev–Trinajstić information content (AvgIpc) is 2.69. The maximum absolute atomic E-state index is 5.75. The molecule has 3 heteroatoms. The Kier molecular flexibility index (Phi) is 2.20. The first-order chi connectivity index (χ1) is 8.68. The molecule has 4 aliphatic rings. The highest BCUT2D eigenvalue weighted by molar-refractivity contribution is 5.13. The molecule has 4 fully saturated rings. The third-order valence-corrected chi connectivity index (χ3v) is 5.66. The maximum atomic E-state index is 5.75. The fourth-order valence-electron chi connectivity index (χ4n) is 5.47. The van der Waals surface area contributed by atoms with E-state index in [0.29, 0.717) is 12.1 Å². The second kappa shape index (κ2) is 3.60. The quantitative estimate of drug-likeness (QED) is 0.870. The highest BCUT2D eigenvalue weighted by atomic mass is 15.1. The van der Waals surface area contributed by atoms with Gasteiger partial charge in [-0.15, -0.1) is 0 Å². The molecule has 0 aliphatic heterocycles. The summed E-state index contributed by atoms with van der Waals surface area (Å²) in [4.78, 5) is 4.62. The number of hydrogen-bond acceptors (Lipinski definition) is 2. The van der Waals surface area contributed by atoms with Crippen LogP contribution in [0.4, 0.5) is 0 Å². The van der Waals surface area contributed by atoms with Crippen LogP contribution in [-0.4, -0.2) is 9.55 Å². The van der Waals surface area contributed by atoms with E-state index in [1.54, 1.807) is 0 Å². The Morgan fingerprint density at radius 1 is 1.22 bits per heavy atom. The van der Waals surface area contributed by atoms with Crippen LogP contribution in [0.2, 0.25) is 0 Å². The van der Waals surface area contributed by atoms with Gasteiger partial charge in [0.25, 0.3) is 0 Å². The largest absolute Gasteiger partial charge is 0.329 e. The van der Waals surface area contributed by atoms with Gasteiger partial charge in [-0.05, 0) is 63.2 Å². The maximum Gasteiger partial charge on any atom is 0.106 e. The number of nitrogens with two attached hydrogens (primary N) is 1. The fraction of sp³-hybridized carbons (Fsp3) is 0.800. The lowest BCUT2D eigenvalue weighted by atomic mass is 9.53. The zero-order valence-corrected chi connectivity index (χ0v) is 11.2. The lowest BCUT2D eigenvalue weighted by molar-refractivity contribution is -0.0440. The molecule has 0 saturated heterocycles. The van der Waals surface area contributed by atoms with Crippen molar-refractivity contribution in [1.82, 2.24) is 9.55 Å². The molecular formula is C15H23N3. The standard InChI is InChI=1S/C15H23N3/c1-10-17-14(8-16)9-18(10)15-5-11-2-12(6-15)4-13(3-11)7-15/h9,11-13H,2-8,16H2,1H3. The summed E-state index contributed by atoms with van der Waals surface area (Å²) in [5.41, 5.74) is 7.21. The Morgan fingerprint density at radius 2 is 1.78 bits per heavy atom. The Bertz CT molecular complexity index is 439. The molecule has 0 unspecified atom stereocenters. The number of rotatable bonds is 2. The highest BCUT2D eigenvalue weighted by Gasteiger charge is 2.52. The van der Waals surface area contributed by atoms with Crippen LogP contribution in [0.25, 0.3) is 0 Å². The summed E-state index contributed by atoms with van der Waals surface area (Å²) in [6.45, 7) is 2.72. The molecule has 1 aromatic rings. The molecule has 0 atom stereocenters. The normalized spacial score (nSPS) is 41.6. The van der Waals surface area contributed by atoms with E-state index >= 15 is 0 Å². The third-order valence-electron chi connectivity index (χ3n) is 5.66. The van der Waals surface area contributed by atoms with Gasteiger partial charge in [-0.3, -0.25) is 0 Å². The molecule has 5 rings (SSSR count). The van der Waals surface area contributed by atoms with Gasteiger partial charge in [0.05, 0.1) is 5.69 Å². The summed E-state index contributed by atoms with van der Waals surface area (Å²) in [5, 5.41) is 0. The van der Waals surface area contributed by atoms with E-state index in [0.717, 1.165) is 23.4 Å². The van der Waals surface area contributed by atoms with E-state index in [9.17, 15) is 0 Å². The smallest absolute Gasteiger partial charge is 0.106 e. The zero-order chi connectivity index (χ0) is 12.3. The van der Waals surface area contributed by atoms with Crippen molar-refractivity contribution in [1.29, 1.82) is 0 Å². The number of hydrogen-bond donors (Lipinski definition) is 1. The number of nitrogens with zero attached hydrogens (tertiary/aromatic N) is 2. The van der Waals surface area contributed by atoms with Crippen molar-refractivity contribution < 1.29 is 0 Å². The molecule has 0 radical (unpaired) electrons. The third kappa shape index (κ3) is 1.43. The second-order valence-corrected chi connectivity index (χ2v) is 7.00. The van der Waals surface area contributed by atoms with Gasteiger partial charge >= 0.3 is 0 Å². The van der Waals surface area contributed by atoms with Gasteiger partial charge in [0.1, 0.15) is 5.82 Å². The Balaban J connectivity index is 1.76. The summed E-state index contributed by atoms with van der Waals surface area (Å²) in [7, 11) is 0. The summed E-state index contributed by atoms with van der Waals surface area (Å²) in [6, 6.07) is 0. The zero-order valence-electron chi connectivity index (χ0n) is 11.2. The predicted octanol–water partition coefficient (Wildman–Crippen LogP) is 2.58. The van der Waals surface area contributed by atoms with Gasteiger partial charge < -0.3 is 10.3 Å². The Labute approximate surface area is 109 Å². The van der Waals surface area contributed by atoms with Crippen molar-refractivity contribution in [2.45, 2.75) is 57.5 Å². The van der Waals surface area contributed by atoms with Crippen molar-refractivity contribution in [2.75, 3.05) is 0 Å². The lowest BCUT2D eigenvalue weighted by Crippen LogP contribution is -2.51. The first-order valence-electron chi connectivity index (χ1n) is 7.44. The van der Waals surface area contributed by atoms with Gasteiger partial charge in [0, 0.05) is 18.3 Å². The van der Waals surface area contributed by atoms with Crippen LogP contribution in [0.1, 0.15) is 50.0 Å². The van der Waals surface area contributed by atoms with Crippen LogP contribution >= 0.6 is 0 Å². The van der Waals surface area contributed by atoms with Crippen molar-refractivity contribution in [3.63, 3.8) is 0 Å². The topological polar surface area (TPSA) is 43.8 Å². The number of aryl methyl sites for hydroxylation is 1. The minimum atomic E-state index is 0.402. The van der Waals surface area contributed by atoms with Crippen LogP contribution in [0.15, 0.2) is 6.20 Å². The minimum absolute atomic E-state index is 0.402. The van der Waals surface area contributed by atoms with Gasteiger partial charge in [-0.1, -0.05) is 0 Å². The molecule has 18 heavy (non-hydrogen) atoms. The first-order valence-corrected chi connectivity index (χ1v) is 7.44. The van der Waals surface area contributed by atoms with Crippen LogP contribution in [0.5, 0.6) is 0 Å². The monoisotopic (exact) mass is 245 g/mol.